The van der Waals surface area contributed by atoms with Gasteiger partial charge in [0.2, 0.25) is 0 Å². The van der Waals surface area contributed by atoms with Gasteiger partial charge in [-0.05, 0) is 32.1 Å². The molecule has 0 bridgehead atoms. The van der Waals surface area contributed by atoms with Gasteiger partial charge in [-0.15, -0.1) is 0 Å². The van der Waals surface area contributed by atoms with Crippen molar-refractivity contribution in [1.82, 2.24) is 20.4 Å². The lowest BCUT2D eigenvalue weighted by molar-refractivity contribution is 0.227. The van der Waals surface area contributed by atoms with Crippen LogP contribution >= 0.6 is 0 Å². The van der Waals surface area contributed by atoms with Gasteiger partial charge in [-0.2, -0.15) is 5.10 Å². The van der Waals surface area contributed by atoms with Crippen molar-refractivity contribution in [3.63, 3.8) is 0 Å². The van der Waals surface area contributed by atoms with Crippen molar-refractivity contribution < 1.29 is 4.79 Å². The Kier molecular flexibility index (Phi) is 3.94. The number of hydrogen-bond donors (Lipinski definition) is 2. The fourth-order valence-electron chi connectivity index (χ4n) is 3.49. The number of nitrogens with one attached hydrogen (secondary N) is 2. The predicted molar refractivity (Wildman–Crippen MR) is 77.4 cm³/mol. The molecule has 5 nitrogen and oxygen atoms in total. The highest BCUT2D eigenvalue weighted by Gasteiger charge is 2.25. The molecule has 2 aliphatic rings. The summed E-state index contributed by atoms with van der Waals surface area (Å²) in [7, 11) is 1.98. The number of aromatic nitrogens is 2. The van der Waals surface area contributed by atoms with Crippen LogP contribution in [0.4, 0.5) is 4.79 Å². The molecule has 20 heavy (non-hydrogen) atoms. The van der Waals surface area contributed by atoms with Crippen LogP contribution in [0.3, 0.4) is 0 Å². The highest BCUT2D eigenvalue weighted by atomic mass is 16.2. The minimum absolute atomic E-state index is 0.0152. The van der Waals surface area contributed by atoms with Gasteiger partial charge in [0, 0.05) is 24.3 Å². The predicted octanol–water partition coefficient (Wildman–Crippen LogP) is 2.43. The molecule has 1 aromatic rings. The molecule has 2 aliphatic carbocycles. The Bertz CT molecular complexity index is 476. The molecule has 5 heteroatoms. The smallest absolute Gasteiger partial charge is 0.315 e. The first-order valence-corrected chi connectivity index (χ1v) is 7.82. The molecule has 2 amide bonds. The minimum atomic E-state index is -0.0152. The molecule has 3 rings (SSSR count). The van der Waals surface area contributed by atoms with Crippen LogP contribution in [-0.2, 0) is 13.5 Å². The van der Waals surface area contributed by atoms with Crippen molar-refractivity contribution >= 4 is 6.03 Å². The van der Waals surface area contributed by atoms with Gasteiger partial charge in [0.15, 0.2) is 0 Å². The van der Waals surface area contributed by atoms with Gasteiger partial charge >= 0.3 is 6.03 Å². The van der Waals surface area contributed by atoms with Crippen LogP contribution in [0, 0.1) is 0 Å². The van der Waals surface area contributed by atoms with Crippen molar-refractivity contribution in [3.05, 3.63) is 17.5 Å². The summed E-state index contributed by atoms with van der Waals surface area (Å²) in [6.07, 6.45) is 11.1. The third kappa shape index (κ3) is 2.81. The molecule has 0 aliphatic heterocycles. The van der Waals surface area contributed by atoms with Crippen molar-refractivity contribution in [2.24, 2.45) is 7.05 Å². The Morgan fingerprint density at radius 2 is 2.00 bits per heavy atom. The first-order valence-electron chi connectivity index (χ1n) is 7.82. The van der Waals surface area contributed by atoms with Gasteiger partial charge in [0.1, 0.15) is 0 Å². The minimum Gasteiger partial charge on any atom is -0.335 e. The summed E-state index contributed by atoms with van der Waals surface area (Å²) in [5.74, 6) is 0. The average Bonchev–Trinajstić information content (AvgIpc) is 2.83. The maximum atomic E-state index is 12.1. The number of nitrogens with zero attached hydrogens (tertiary/aromatic N) is 2. The Morgan fingerprint density at radius 3 is 2.80 bits per heavy atom. The molecule has 0 spiro atoms. The zero-order chi connectivity index (χ0) is 13.9. The fraction of sp³-hybridized carbons (Fsp3) is 0.733. The summed E-state index contributed by atoms with van der Waals surface area (Å²) in [6.45, 7) is 0. The number of hydrogen-bond acceptors (Lipinski definition) is 2. The lowest BCUT2D eigenvalue weighted by Crippen LogP contribution is -2.44. The number of aryl methyl sites for hydroxylation is 1. The SMILES string of the molecule is Cn1ncc2c1CCCC2NC(=O)NC1CCCCC1. The normalized spacial score (nSPS) is 23.1. The van der Waals surface area contributed by atoms with Gasteiger partial charge < -0.3 is 10.6 Å². The molecule has 1 heterocycles. The second-order valence-electron chi connectivity index (χ2n) is 6.07. The van der Waals surface area contributed by atoms with Crippen molar-refractivity contribution in [3.8, 4) is 0 Å². The van der Waals surface area contributed by atoms with Crippen LogP contribution in [0.2, 0.25) is 0 Å². The Balaban J connectivity index is 1.59. The van der Waals surface area contributed by atoms with E-state index in [1.807, 2.05) is 17.9 Å². The van der Waals surface area contributed by atoms with Crippen LogP contribution < -0.4 is 10.6 Å². The monoisotopic (exact) mass is 276 g/mol. The van der Waals surface area contributed by atoms with Crippen LogP contribution in [0.1, 0.15) is 62.2 Å². The molecular formula is C15H24N4O. The van der Waals surface area contributed by atoms with E-state index in [0.29, 0.717) is 6.04 Å². The number of urea groups is 1. The Labute approximate surface area is 120 Å². The summed E-state index contributed by atoms with van der Waals surface area (Å²) in [5, 5.41) is 10.6. The van der Waals surface area contributed by atoms with Crippen LogP contribution in [-0.4, -0.2) is 21.9 Å². The molecule has 0 aromatic carbocycles. The van der Waals surface area contributed by atoms with E-state index in [4.69, 9.17) is 0 Å². The van der Waals surface area contributed by atoms with E-state index in [1.165, 1.54) is 30.5 Å². The zero-order valence-corrected chi connectivity index (χ0v) is 12.2. The molecule has 0 radical (unpaired) electrons. The Morgan fingerprint density at radius 1 is 1.20 bits per heavy atom. The highest BCUT2D eigenvalue weighted by Crippen LogP contribution is 2.29. The first kappa shape index (κ1) is 13.5. The number of carbonyl (C=O) groups is 1. The first-order chi connectivity index (χ1) is 9.74. The third-order valence-corrected chi connectivity index (χ3v) is 4.62. The van der Waals surface area contributed by atoms with Gasteiger partial charge in [0.25, 0.3) is 0 Å². The van der Waals surface area contributed by atoms with Crippen LogP contribution in [0.5, 0.6) is 0 Å². The molecule has 110 valence electrons. The molecule has 0 saturated heterocycles. The third-order valence-electron chi connectivity index (χ3n) is 4.62. The number of fused-ring (bicyclic) bond motifs is 1. The van der Waals surface area contributed by atoms with Crippen molar-refractivity contribution in [1.29, 1.82) is 0 Å². The second kappa shape index (κ2) is 5.85. The molecular weight excluding hydrogens is 252 g/mol. The van der Waals surface area contributed by atoms with E-state index in [1.54, 1.807) is 0 Å². The number of rotatable bonds is 2. The standard InChI is InChI=1S/C15H24N4O/c1-19-14-9-5-8-13(12(14)10-16-19)18-15(20)17-11-6-3-2-4-7-11/h10-11,13H,2-9H2,1H3,(H2,17,18,20). The molecule has 1 fully saturated rings. The van der Waals surface area contributed by atoms with E-state index in [9.17, 15) is 4.79 Å². The number of amides is 2. The molecule has 1 atom stereocenters. The highest BCUT2D eigenvalue weighted by molar-refractivity contribution is 5.74. The largest absolute Gasteiger partial charge is 0.335 e. The summed E-state index contributed by atoms with van der Waals surface area (Å²) < 4.78 is 1.93. The van der Waals surface area contributed by atoms with Gasteiger partial charge in [-0.1, -0.05) is 19.3 Å². The van der Waals surface area contributed by atoms with E-state index in [0.717, 1.165) is 32.1 Å². The lowest BCUT2D eigenvalue weighted by atomic mass is 9.93. The maximum Gasteiger partial charge on any atom is 0.315 e. The molecule has 1 saturated carbocycles. The quantitative estimate of drug-likeness (QED) is 0.871. The summed E-state index contributed by atoms with van der Waals surface area (Å²) in [5.41, 5.74) is 2.46. The molecule has 1 aromatic heterocycles. The van der Waals surface area contributed by atoms with E-state index in [-0.39, 0.29) is 12.1 Å². The van der Waals surface area contributed by atoms with Gasteiger partial charge in [-0.3, -0.25) is 4.68 Å². The summed E-state index contributed by atoms with van der Waals surface area (Å²) >= 11 is 0. The molecule has 1 unspecified atom stereocenters. The average molecular weight is 276 g/mol. The zero-order valence-electron chi connectivity index (χ0n) is 12.2. The lowest BCUT2D eigenvalue weighted by Gasteiger charge is -2.27. The summed E-state index contributed by atoms with van der Waals surface area (Å²) in [6, 6.07) is 0.468. The van der Waals surface area contributed by atoms with E-state index >= 15 is 0 Å². The maximum absolute atomic E-state index is 12.1. The Hall–Kier alpha value is -1.52. The fourth-order valence-corrected chi connectivity index (χ4v) is 3.49. The molecule has 2 N–H and O–H groups in total. The van der Waals surface area contributed by atoms with Crippen molar-refractivity contribution in [2.45, 2.75) is 63.5 Å². The number of carbonyl (C=O) groups excluding carboxylic acids is 1. The van der Waals surface area contributed by atoms with Crippen LogP contribution in [0.25, 0.3) is 0 Å². The van der Waals surface area contributed by atoms with E-state index < -0.39 is 0 Å². The topological polar surface area (TPSA) is 59.0 Å². The van der Waals surface area contributed by atoms with Gasteiger partial charge in [0.05, 0.1) is 12.2 Å². The van der Waals surface area contributed by atoms with Gasteiger partial charge in [-0.25, -0.2) is 4.79 Å². The van der Waals surface area contributed by atoms with Crippen molar-refractivity contribution in [2.75, 3.05) is 0 Å². The second-order valence-corrected chi connectivity index (χ2v) is 6.07. The van der Waals surface area contributed by atoms with E-state index in [2.05, 4.69) is 15.7 Å². The summed E-state index contributed by atoms with van der Waals surface area (Å²) in [4.78, 5) is 12.1. The van der Waals surface area contributed by atoms with Crippen LogP contribution in [0.15, 0.2) is 6.20 Å².